The number of aromatic nitrogens is 2. The maximum Gasteiger partial charge on any atom is 0.247 e. The molecular weight excluding hydrogens is 648 g/mol. The van der Waals surface area contributed by atoms with Crippen molar-refractivity contribution in [3.8, 4) is 5.75 Å². The van der Waals surface area contributed by atoms with Gasteiger partial charge in [0.2, 0.25) is 17.7 Å². The van der Waals surface area contributed by atoms with E-state index in [2.05, 4.69) is 31.2 Å². The van der Waals surface area contributed by atoms with E-state index in [4.69, 9.17) is 21.1 Å². The summed E-state index contributed by atoms with van der Waals surface area (Å²) in [5.41, 5.74) is -0.0486. The van der Waals surface area contributed by atoms with Crippen molar-refractivity contribution in [2.75, 3.05) is 37.4 Å². The molecule has 3 amide bonds. The maximum absolute atomic E-state index is 14.8. The predicted octanol–water partition coefficient (Wildman–Crippen LogP) is 4.54. The second kappa shape index (κ2) is 14.5. The first-order valence-corrected chi connectivity index (χ1v) is 16.2. The van der Waals surface area contributed by atoms with Gasteiger partial charge in [-0.15, -0.1) is 0 Å². The van der Waals surface area contributed by atoms with Crippen LogP contribution in [-0.4, -0.2) is 83.6 Å². The number of hydrogen-bond acceptors (Lipinski definition) is 9. The highest BCUT2D eigenvalue weighted by atomic mass is 35.5. The molecule has 3 heterocycles. The summed E-state index contributed by atoms with van der Waals surface area (Å²) in [6, 6.07) is 3.25. The van der Waals surface area contributed by atoms with Gasteiger partial charge in [0.1, 0.15) is 46.9 Å². The summed E-state index contributed by atoms with van der Waals surface area (Å²) in [5, 5.41) is 11.3. The average molecular weight is 688 g/mol. The second-order valence-electron chi connectivity index (χ2n) is 13.0. The fourth-order valence-corrected chi connectivity index (χ4v) is 5.81. The van der Waals surface area contributed by atoms with Gasteiger partial charge in [-0.1, -0.05) is 32.4 Å². The van der Waals surface area contributed by atoms with Crippen LogP contribution >= 0.6 is 11.6 Å². The molecular formula is C33H40ClF2N7O5. The summed E-state index contributed by atoms with van der Waals surface area (Å²) < 4.78 is 40.3. The molecule has 2 saturated heterocycles. The maximum atomic E-state index is 14.8. The van der Waals surface area contributed by atoms with Crippen molar-refractivity contribution in [2.45, 2.75) is 71.2 Å². The third-order valence-corrected chi connectivity index (χ3v) is 8.88. The molecule has 0 radical (unpaired) electrons. The topological polar surface area (TPSA) is 147 Å². The zero-order valence-corrected chi connectivity index (χ0v) is 28.2. The number of fused-ring (bicyclic) bond motifs is 1. The molecule has 1 unspecified atom stereocenters. The summed E-state index contributed by atoms with van der Waals surface area (Å²) in [6.45, 7) is 8.50. The quantitative estimate of drug-likeness (QED) is 0.226. The predicted molar refractivity (Wildman–Crippen MR) is 177 cm³/mol. The first kappa shape index (κ1) is 35.2. The summed E-state index contributed by atoms with van der Waals surface area (Å²) in [7, 11) is 1.66. The number of nitrogens with one attached hydrogen (secondary N) is 4. The molecule has 0 saturated carbocycles. The molecule has 15 heteroatoms. The Balaban J connectivity index is 1.46. The minimum Gasteiger partial charge on any atom is -0.486 e. The lowest BCUT2D eigenvalue weighted by atomic mass is 9.85. The number of ether oxygens (including phenoxy) is 2. The van der Waals surface area contributed by atoms with E-state index in [9.17, 15) is 23.2 Å². The van der Waals surface area contributed by atoms with Crippen LogP contribution in [0.25, 0.3) is 10.9 Å². The van der Waals surface area contributed by atoms with E-state index in [0.29, 0.717) is 55.7 Å². The third kappa shape index (κ3) is 7.61. The van der Waals surface area contributed by atoms with Gasteiger partial charge in [0, 0.05) is 24.4 Å². The number of hydrogen-bond donors (Lipinski definition) is 4. The lowest BCUT2D eigenvalue weighted by molar-refractivity contribution is -0.143. The molecule has 4 atom stereocenters. The third-order valence-electron chi connectivity index (χ3n) is 8.53. The Hall–Kier alpha value is -4.14. The number of carbonyl (C=O) groups excluding carboxylic acids is 3. The number of halogens is 3. The summed E-state index contributed by atoms with van der Waals surface area (Å²) >= 11 is 5.79. The standard InChI is InChI=1S/C33H40ClF2N7O5/c1-17(37-5)30(44)42-28(33(2,3)4)32(46)43-11-6-7-24(43)31(45)41-23-13-19-22(14-25(23)48-18-10-12-47-15-18)38-16-39-29(19)40-21-9-8-20(35)26(34)27(21)36/h8-9,13-14,16-18,24,28,37H,6-7,10-12,15H2,1-5H3,(H,41,45)(H,42,44)(H,38,39,40)/t17-,18?,24-,28+/m0/s1. The SMILES string of the molecule is CN[C@@H](C)C(=O)N[C@H](C(=O)N1CCC[C@H]1C(=O)Nc1cc2c(Nc3ccc(F)c(Cl)c3F)ncnc2cc1OC1CCOC1)C(C)(C)C. The molecule has 1 aromatic heterocycles. The van der Waals surface area contributed by atoms with Crippen LogP contribution in [0.1, 0.15) is 47.0 Å². The number of amides is 3. The Bertz CT molecular complexity index is 1700. The van der Waals surface area contributed by atoms with Gasteiger partial charge in [0.05, 0.1) is 36.1 Å². The fourth-order valence-electron chi connectivity index (χ4n) is 5.65. The summed E-state index contributed by atoms with van der Waals surface area (Å²) in [5.74, 6) is -2.52. The number of likely N-dealkylation sites (N-methyl/N-ethyl adjacent to an activating group) is 1. The van der Waals surface area contributed by atoms with E-state index >= 15 is 0 Å². The highest BCUT2D eigenvalue weighted by Gasteiger charge is 2.42. The van der Waals surface area contributed by atoms with E-state index < -0.39 is 46.1 Å². The van der Waals surface area contributed by atoms with Crippen LogP contribution in [0.3, 0.4) is 0 Å². The van der Waals surface area contributed by atoms with Crippen molar-refractivity contribution in [1.29, 1.82) is 0 Å². The second-order valence-corrected chi connectivity index (χ2v) is 13.4. The van der Waals surface area contributed by atoms with E-state index in [0.717, 1.165) is 6.07 Å². The van der Waals surface area contributed by atoms with Crippen LogP contribution < -0.4 is 26.0 Å². The molecule has 12 nitrogen and oxygen atoms in total. The molecule has 258 valence electrons. The van der Waals surface area contributed by atoms with Crippen molar-refractivity contribution < 1.29 is 32.6 Å². The minimum absolute atomic E-state index is 0.111. The number of rotatable bonds is 10. The van der Waals surface area contributed by atoms with E-state index in [-0.39, 0.29) is 35.1 Å². The normalized spacial score (nSPS) is 19.2. The van der Waals surface area contributed by atoms with Crippen LogP contribution in [0.4, 0.5) is 26.0 Å². The van der Waals surface area contributed by atoms with E-state index in [1.165, 1.54) is 17.3 Å². The Labute approximate surface area is 282 Å². The number of carbonyl (C=O) groups is 3. The molecule has 0 bridgehead atoms. The highest BCUT2D eigenvalue weighted by molar-refractivity contribution is 6.31. The smallest absolute Gasteiger partial charge is 0.247 e. The Morgan fingerprint density at radius 1 is 1.12 bits per heavy atom. The largest absolute Gasteiger partial charge is 0.486 e. The van der Waals surface area contributed by atoms with Gasteiger partial charge in [0.25, 0.3) is 0 Å². The van der Waals surface area contributed by atoms with Gasteiger partial charge in [-0.25, -0.2) is 18.7 Å². The van der Waals surface area contributed by atoms with Crippen molar-refractivity contribution in [3.05, 3.63) is 47.2 Å². The molecule has 2 aromatic carbocycles. The van der Waals surface area contributed by atoms with Crippen LogP contribution in [-0.2, 0) is 19.1 Å². The molecule has 0 aliphatic carbocycles. The first-order chi connectivity index (χ1) is 22.8. The molecule has 4 N–H and O–H groups in total. The van der Waals surface area contributed by atoms with Crippen molar-refractivity contribution in [3.63, 3.8) is 0 Å². The van der Waals surface area contributed by atoms with Gasteiger partial charge in [0.15, 0.2) is 5.82 Å². The first-order valence-electron chi connectivity index (χ1n) is 15.8. The number of nitrogens with zero attached hydrogens (tertiary/aromatic N) is 3. The van der Waals surface area contributed by atoms with Crippen molar-refractivity contribution >= 4 is 57.4 Å². The van der Waals surface area contributed by atoms with Crippen LogP contribution in [0.2, 0.25) is 5.02 Å². The van der Waals surface area contributed by atoms with Gasteiger partial charge in [-0.2, -0.15) is 0 Å². The monoisotopic (exact) mass is 687 g/mol. The van der Waals surface area contributed by atoms with Gasteiger partial charge in [-0.3, -0.25) is 14.4 Å². The van der Waals surface area contributed by atoms with Crippen molar-refractivity contribution in [1.82, 2.24) is 25.5 Å². The summed E-state index contributed by atoms with van der Waals surface area (Å²) in [4.78, 5) is 50.8. The van der Waals surface area contributed by atoms with E-state index in [1.807, 2.05) is 20.8 Å². The van der Waals surface area contributed by atoms with Crippen LogP contribution in [0.5, 0.6) is 5.75 Å². The molecule has 2 fully saturated rings. The highest BCUT2D eigenvalue weighted by Crippen LogP contribution is 2.36. The van der Waals surface area contributed by atoms with Gasteiger partial charge >= 0.3 is 0 Å². The van der Waals surface area contributed by atoms with Crippen LogP contribution in [0, 0.1) is 17.0 Å². The lowest BCUT2D eigenvalue weighted by Crippen LogP contribution is -2.59. The number of anilines is 3. The Morgan fingerprint density at radius 3 is 2.58 bits per heavy atom. The average Bonchev–Trinajstić information content (AvgIpc) is 3.76. The van der Waals surface area contributed by atoms with Gasteiger partial charge < -0.3 is 35.6 Å². The molecule has 48 heavy (non-hydrogen) atoms. The number of likely N-dealkylation sites (tertiary alicyclic amines) is 1. The zero-order chi connectivity index (χ0) is 34.7. The Morgan fingerprint density at radius 2 is 1.90 bits per heavy atom. The minimum atomic E-state index is -0.991. The molecule has 3 aromatic rings. The molecule has 2 aliphatic rings. The van der Waals surface area contributed by atoms with Crippen molar-refractivity contribution in [2.24, 2.45) is 5.41 Å². The fraction of sp³-hybridized carbons (Fsp3) is 0.485. The van der Waals surface area contributed by atoms with Gasteiger partial charge in [-0.05, 0) is 50.4 Å². The summed E-state index contributed by atoms with van der Waals surface area (Å²) in [6.07, 6.45) is 2.65. The number of benzene rings is 2. The molecule has 5 rings (SSSR count). The zero-order valence-electron chi connectivity index (χ0n) is 27.5. The molecule has 0 spiro atoms. The Kier molecular flexibility index (Phi) is 10.7. The lowest BCUT2D eigenvalue weighted by Gasteiger charge is -2.36. The van der Waals surface area contributed by atoms with Crippen LogP contribution in [0.15, 0.2) is 30.6 Å². The van der Waals surface area contributed by atoms with E-state index in [1.54, 1.807) is 26.1 Å². The molecule has 2 aliphatic heterocycles.